The molecule has 0 spiro atoms. The second-order valence-electron chi connectivity index (χ2n) is 4.58. The molecule has 0 aliphatic carbocycles. The first kappa shape index (κ1) is 11.6. The van der Waals surface area contributed by atoms with E-state index in [1.165, 1.54) is 12.3 Å². The lowest BCUT2D eigenvalue weighted by atomic mass is 9.88. The molecule has 3 nitrogen and oxygen atoms in total. The molecule has 88 valence electrons. The van der Waals surface area contributed by atoms with Crippen LogP contribution in [0.5, 0.6) is 0 Å². The van der Waals surface area contributed by atoms with Gasteiger partial charge in [-0.15, -0.1) is 0 Å². The van der Waals surface area contributed by atoms with Crippen molar-refractivity contribution in [2.75, 3.05) is 11.4 Å². The summed E-state index contributed by atoms with van der Waals surface area (Å²) in [7, 11) is 0. The minimum Gasteiger partial charge on any atom is -0.388 e. The number of aromatic nitrogens is 1. The first-order chi connectivity index (χ1) is 7.41. The second kappa shape index (κ2) is 3.86. The molecule has 5 heteroatoms. The van der Waals surface area contributed by atoms with Gasteiger partial charge in [0, 0.05) is 12.7 Å². The molecule has 1 unspecified atom stereocenters. The lowest BCUT2D eigenvalue weighted by molar-refractivity contribution is 0.0290. The highest BCUT2D eigenvalue weighted by molar-refractivity contribution is 6.33. The molecule has 1 atom stereocenters. The van der Waals surface area contributed by atoms with Crippen LogP contribution >= 0.6 is 11.6 Å². The molecule has 1 aromatic rings. The van der Waals surface area contributed by atoms with Crippen LogP contribution < -0.4 is 4.90 Å². The third kappa shape index (κ3) is 1.87. The molecular formula is C11H14ClFN2O. The van der Waals surface area contributed by atoms with E-state index in [0.29, 0.717) is 5.82 Å². The Kier molecular flexibility index (Phi) is 2.80. The fourth-order valence-electron chi connectivity index (χ4n) is 1.99. The quantitative estimate of drug-likeness (QED) is 0.867. The van der Waals surface area contributed by atoms with Gasteiger partial charge >= 0.3 is 0 Å². The van der Waals surface area contributed by atoms with Crippen LogP contribution in [0.2, 0.25) is 5.02 Å². The third-order valence-electron chi connectivity index (χ3n) is 2.93. The van der Waals surface area contributed by atoms with Crippen LogP contribution in [0.4, 0.5) is 10.2 Å². The van der Waals surface area contributed by atoms with Gasteiger partial charge in [0.25, 0.3) is 0 Å². The molecule has 1 N–H and O–H groups in total. The Morgan fingerprint density at radius 1 is 1.62 bits per heavy atom. The van der Waals surface area contributed by atoms with Crippen LogP contribution in [-0.2, 0) is 0 Å². The van der Waals surface area contributed by atoms with Crippen molar-refractivity contribution in [1.29, 1.82) is 0 Å². The zero-order valence-electron chi connectivity index (χ0n) is 9.24. The van der Waals surface area contributed by atoms with E-state index >= 15 is 0 Å². The topological polar surface area (TPSA) is 36.4 Å². The van der Waals surface area contributed by atoms with Crippen molar-refractivity contribution in [2.45, 2.75) is 31.9 Å². The van der Waals surface area contributed by atoms with Crippen molar-refractivity contribution in [3.05, 3.63) is 23.1 Å². The zero-order chi connectivity index (χ0) is 11.9. The molecule has 0 radical (unpaired) electrons. The number of hydrogen-bond donors (Lipinski definition) is 1. The zero-order valence-corrected chi connectivity index (χ0v) is 10.00. The predicted molar refractivity (Wildman–Crippen MR) is 61.3 cm³/mol. The smallest absolute Gasteiger partial charge is 0.150 e. The molecule has 0 bridgehead atoms. The van der Waals surface area contributed by atoms with Crippen molar-refractivity contribution in [3.63, 3.8) is 0 Å². The van der Waals surface area contributed by atoms with E-state index in [-0.39, 0.29) is 11.1 Å². The summed E-state index contributed by atoms with van der Waals surface area (Å²) in [5.41, 5.74) is -0.838. The highest BCUT2D eigenvalue weighted by Gasteiger charge is 2.40. The van der Waals surface area contributed by atoms with Gasteiger partial charge in [-0.05, 0) is 26.3 Å². The average molecular weight is 245 g/mol. The van der Waals surface area contributed by atoms with Gasteiger partial charge in [0.15, 0.2) is 5.82 Å². The van der Waals surface area contributed by atoms with Crippen LogP contribution in [0.1, 0.15) is 20.3 Å². The molecule has 2 heterocycles. The monoisotopic (exact) mass is 244 g/mol. The highest BCUT2D eigenvalue weighted by Crippen LogP contribution is 2.36. The molecule has 0 amide bonds. The van der Waals surface area contributed by atoms with Crippen LogP contribution in [0.3, 0.4) is 0 Å². The Morgan fingerprint density at radius 3 is 2.81 bits per heavy atom. The SMILES string of the molecule is CC(C)(O)C1CCN1c1nccc(F)c1Cl. The summed E-state index contributed by atoms with van der Waals surface area (Å²) >= 11 is 5.86. The van der Waals surface area contributed by atoms with Gasteiger partial charge in [-0.2, -0.15) is 0 Å². The predicted octanol–water partition coefficient (Wildman–Crippen LogP) is 2.22. The largest absolute Gasteiger partial charge is 0.388 e. The molecule has 1 saturated heterocycles. The van der Waals surface area contributed by atoms with E-state index in [1.54, 1.807) is 13.8 Å². The maximum Gasteiger partial charge on any atom is 0.150 e. The van der Waals surface area contributed by atoms with Crippen molar-refractivity contribution in [2.24, 2.45) is 0 Å². The number of nitrogens with zero attached hydrogens (tertiary/aromatic N) is 2. The molecule has 16 heavy (non-hydrogen) atoms. The molecule has 0 saturated carbocycles. The summed E-state index contributed by atoms with van der Waals surface area (Å²) in [6, 6.07) is 1.17. The Hall–Kier alpha value is -0.870. The van der Waals surface area contributed by atoms with Crippen LogP contribution in [0.25, 0.3) is 0 Å². The number of aliphatic hydroxyl groups is 1. The third-order valence-corrected chi connectivity index (χ3v) is 3.28. The van der Waals surface area contributed by atoms with Gasteiger partial charge in [-0.25, -0.2) is 9.37 Å². The summed E-state index contributed by atoms with van der Waals surface area (Å²) in [5.74, 6) is -0.0619. The number of rotatable bonds is 2. The van der Waals surface area contributed by atoms with E-state index in [9.17, 15) is 9.50 Å². The fourth-order valence-corrected chi connectivity index (χ4v) is 2.21. The highest BCUT2D eigenvalue weighted by atomic mass is 35.5. The Bertz CT molecular complexity index is 405. The van der Waals surface area contributed by atoms with Gasteiger partial charge in [0.05, 0.1) is 11.6 Å². The second-order valence-corrected chi connectivity index (χ2v) is 4.96. The summed E-state index contributed by atoms with van der Waals surface area (Å²) in [6.07, 6.45) is 2.24. The minimum absolute atomic E-state index is 0.0245. The van der Waals surface area contributed by atoms with E-state index in [0.717, 1.165) is 13.0 Å². The molecule has 1 aliphatic heterocycles. The lowest BCUT2D eigenvalue weighted by Crippen LogP contribution is -2.59. The molecule has 0 aromatic carbocycles. The van der Waals surface area contributed by atoms with E-state index in [1.807, 2.05) is 4.90 Å². The van der Waals surface area contributed by atoms with Gasteiger partial charge in [0.1, 0.15) is 10.8 Å². The fraction of sp³-hybridized carbons (Fsp3) is 0.545. The van der Waals surface area contributed by atoms with Crippen molar-refractivity contribution in [3.8, 4) is 0 Å². The number of anilines is 1. The first-order valence-corrected chi connectivity index (χ1v) is 5.58. The van der Waals surface area contributed by atoms with E-state index in [4.69, 9.17) is 11.6 Å². The Morgan fingerprint density at radius 2 is 2.31 bits per heavy atom. The summed E-state index contributed by atoms with van der Waals surface area (Å²) in [4.78, 5) is 5.91. The van der Waals surface area contributed by atoms with Crippen LogP contribution in [0.15, 0.2) is 12.3 Å². The normalized spacial score (nSPS) is 20.8. The Balaban J connectivity index is 2.29. The van der Waals surface area contributed by atoms with Crippen molar-refractivity contribution < 1.29 is 9.50 Å². The first-order valence-electron chi connectivity index (χ1n) is 5.20. The summed E-state index contributed by atoms with van der Waals surface area (Å²) in [6.45, 7) is 4.21. The molecule has 1 aromatic heterocycles. The minimum atomic E-state index is -0.838. The maximum absolute atomic E-state index is 13.3. The van der Waals surface area contributed by atoms with Gasteiger partial charge < -0.3 is 10.0 Å². The molecule has 1 aliphatic rings. The average Bonchev–Trinajstić information content (AvgIpc) is 2.08. The molecule has 1 fully saturated rings. The van der Waals surface area contributed by atoms with Crippen LogP contribution in [-0.4, -0.2) is 28.3 Å². The maximum atomic E-state index is 13.3. The van der Waals surface area contributed by atoms with E-state index in [2.05, 4.69) is 4.98 Å². The van der Waals surface area contributed by atoms with Crippen molar-refractivity contribution in [1.82, 2.24) is 4.98 Å². The standard InChI is InChI=1S/C11H14ClFN2O/c1-11(2,16)8-4-6-15(8)10-9(12)7(13)3-5-14-10/h3,5,8,16H,4,6H2,1-2H3. The number of pyridine rings is 1. The van der Waals surface area contributed by atoms with Crippen molar-refractivity contribution >= 4 is 17.4 Å². The lowest BCUT2D eigenvalue weighted by Gasteiger charge is -2.48. The van der Waals surface area contributed by atoms with Gasteiger partial charge in [0.2, 0.25) is 0 Å². The number of halogens is 2. The number of hydrogen-bond acceptors (Lipinski definition) is 3. The van der Waals surface area contributed by atoms with E-state index < -0.39 is 11.4 Å². The van der Waals surface area contributed by atoms with Gasteiger partial charge in [-0.3, -0.25) is 0 Å². The van der Waals surface area contributed by atoms with Gasteiger partial charge in [-0.1, -0.05) is 11.6 Å². The summed E-state index contributed by atoms with van der Waals surface area (Å²) in [5, 5.41) is 9.95. The van der Waals surface area contributed by atoms with Crippen LogP contribution in [0, 0.1) is 5.82 Å². The Labute approximate surface area is 98.9 Å². The molecule has 2 rings (SSSR count). The summed E-state index contributed by atoms with van der Waals surface area (Å²) < 4.78 is 13.3. The molecular weight excluding hydrogens is 231 g/mol.